The molecule has 0 saturated heterocycles. The van der Waals surface area contributed by atoms with Crippen molar-refractivity contribution in [1.82, 2.24) is 4.98 Å². The number of ether oxygens (including phenoxy) is 3. The fourth-order valence-electron chi connectivity index (χ4n) is 3.56. The average Bonchev–Trinajstić information content (AvgIpc) is 3.15. The predicted molar refractivity (Wildman–Crippen MR) is 115 cm³/mol. The van der Waals surface area contributed by atoms with E-state index < -0.39 is 23.8 Å². The van der Waals surface area contributed by atoms with Gasteiger partial charge in [-0.1, -0.05) is 23.7 Å². The second kappa shape index (κ2) is 9.67. The van der Waals surface area contributed by atoms with E-state index in [0.717, 1.165) is 22.0 Å². The third kappa shape index (κ3) is 4.44. The Morgan fingerprint density at radius 2 is 1.63 bits per heavy atom. The maximum atomic E-state index is 12.9. The van der Waals surface area contributed by atoms with Gasteiger partial charge in [-0.15, -0.1) is 0 Å². The van der Waals surface area contributed by atoms with E-state index in [-0.39, 0.29) is 13.2 Å². The minimum absolute atomic E-state index is 0.157. The van der Waals surface area contributed by atoms with Crippen molar-refractivity contribution in [2.45, 2.75) is 19.8 Å². The van der Waals surface area contributed by atoms with Gasteiger partial charge in [0, 0.05) is 28.0 Å². The SMILES string of the molecule is CCOC(=O)C(C(=O)OCC)[C@H](c1ccc(Cl)cc1)c1c[nH]c2ccc(OC)cc12. The van der Waals surface area contributed by atoms with E-state index in [1.165, 1.54) is 0 Å². The number of carbonyl (C=O) groups is 2. The van der Waals surface area contributed by atoms with Crippen LogP contribution in [0.25, 0.3) is 10.9 Å². The summed E-state index contributed by atoms with van der Waals surface area (Å²) in [6.45, 7) is 3.72. The lowest BCUT2D eigenvalue weighted by Crippen LogP contribution is -2.34. The standard InChI is InChI=1S/C23H24ClNO5/c1-4-29-22(26)21(23(27)30-5-2)20(14-6-8-15(24)9-7-14)18-13-25-19-11-10-16(28-3)12-17(18)19/h6-13,20-21,25H,4-5H2,1-3H3/t20-/m1/s1. The van der Waals surface area contributed by atoms with E-state index in [2.05, 4.69) is 4.98 Å². The van der Waals surface area contributed by atoms with Crippen LogP contribution in [0.15, 0.2) is 48.7 Å². The van der Waals surface area contributed by atoms with Gasteiger partial charge in [0.2, 0.25) is 0 Å². The number of esters is 2. The summed E-state index contributed by atoms with van der Waals surface area (Å²) in [5, 5.41) is 1.40. The Morgan fingerprint density at radius 3 is 2.20 bits per heavy atom. The molecule has 7 heteroatoms. The largest absolute Gasteiger partial charge is 0.497 e. The highest BCUT2D eigenvalue weighted by atomic mass is 35.5. The number of hydrogen-bond acceptors (Lipinski definition) is 5. The van der Waals surface area contributed by atoms with Crippen molar-refractivity contribution in [3.63, 3.8) is 0 Å². The van der Waals surface area contributed by atoms with E-state index in [9.17, 15) is 9.59 Å². The zero-order valence-corrected chi connectivity index (χ0v) is 17.9. The van der Waals surface area contributed by atoms with Gasteiger partial charge in [0.1, 0.15) is 5.75 Å². The third-order valence-electron chi connectivity index (χ3n) is 4.90. The van der Waals surface area contributed by atoms with Gasteiger partial charge in [-0.3, -0.25) is 9.59 Å². The molecule has 3 aromatic rings. The van der Waals surface area contributed by atoms with Crippen molar-refractivity contribution < 1.29 is 23.8 Å². The summed E-state index contributed by atoms with van der Waals surface area (Å²) in [7, 11) is 1.59. The van der Waals surface area contributed by atoms with Gasteiger partial charge in [-0.25, -0.2) is 0 Å². The van der Waals surface area contributed by atoms with Crippen LogP contribution in [0.4, 0.5) is 0 Å². The normalized spacial score (nSPS) is 12.0. The molecule has 30 heavy (non-hydrogen) atoms. The molecular formula is C23H24ClNO5. The number of H-pyrrole nitrogens is 1. The van der Waals surface area contributed by atoms with Crippen LogP contribution in [-0.4, -0.2) is 37.2 Å². The molecule has 0 aliphatic heterocycles. The summed E-state index contributed by atoms with van der Waals surface area (Å²) in [5.41, 5.74) is 2.36. The lowest BCUT2D eigenvalue weighted by atomic mass is 9.80. The minimum Gasteiger partial charge on any atom is -0.497 e. The van der Waals surface area contributed by atoms with E-state index >= 15 is 0 Å². The van der Waals surface area contributed by atoms with Crippen molar-refractivity contribution >= 4 is 34.4 Å². The quantitative estimate of drug-likeness (QED) is 0.414. The number of benzene rings is 2. The lowest BCUT2D eigenvalue weighted by Gasteiger charge is -2.25. The second-order valence-corrected chi connectivity index (χ2v) is 7.10. The Labute approximate surface area is 180 Å². The number of nitrogens with one attached hydrogen (secondary N) is 1. The first-order valence-corrected chi connectivity index (χ1v) is 10.1. The van der Waals surface area contributed by atoms with Crippen LogP contribution in [-0.2, 0) is 19.1 Å². The molecule has 1 heterocycles. The van der Waals surface area contributed by atoms with Crippen LogP contribution in [0, 0.1) is 5.92 Å². The van der Waals surface area contributed by atoms with Crippen molar-refractivity contribution in [2.24, 2.45) is 5.92 Å². The number of carbonyl (C=O) groups excluding carboxylic acids is 2. The van der Waals surface area contributed by atoms with E-state index in [4.69, 9.17) is 25.8 Å². The van der Waals surface area contributed by atoms with Crippen LogP contribution in [0.2, 0.25) is 5.02 Å². The van der Waals surface area contributed by atoms with E-state index in [1.54, 1.807) is 51.4 Å². The molecule has 1 atom stereocenters. The minimum atomic E-state index is -1.17. The zero-order chi connectivity index (χ0) is 21.7. The van der Waals surface area contributed by atoms with Crippen molar-refractivity contribution in [3.05, 3.63) is 64.8 Å². The molecule has 0 spiro atoms. The van der Waals surface area contributed by atoms with Gasteiger partial charge in [0.15, 0.2) is 5.92 Å². The molecule has 0 aliphatic rings. The smallest absolute Gasteiger partial charge is 0.321 e. The molecule has 0 amide bonds. The molecular weight excluding hydrogens is 406 g/mol. The Bertz CT molecular complexity index is 1010. The maximum absolute atomic E-state index is 12.9. The Hall–Kier alpha value is -2.99. The van der Waals surface area contributed by atoms with E-state index in [1.807, 2.05) is 18.2 Å². The summed E-state index contributed by atoms with van der Waals surface area (Å²) in [6, 6.07) is 12.7. The topological polar surface area (TPSA) is 77.6 Å². The van der Waals surface area contributed by atoms with Gasteiger partial charge < -0.3 is 19.2 Å². The number of rotatable bonds is 8. The molecule has 6 nitrogen and oxygen atoms in total. The first-order chi connectivity index (χ1) is 14.5. The molecule has 0 radical (unpaired) electrons. The summed E-state index contributed by atoms with van der Waals surface area (Å²) < 4.78 is 15.9. The summed E-state index contributed by atoms with van der Waals surface area (Å²) in [5.74, 6) is -2.40. The highest BCUT2D eigenvalue weighted by molar-refractivity contribution is 6.30. The van der Waals surface area contributed by atoms with Gasteiger partial charge in [0.25, 0.3) is 0 Å². The number of hydrogen-bond donors (Lipinski definition) is 1. The van der Waals surface area contributed by atoms with Gasteiger partial charge in [-0.05, 0) is 55.3 Å². The molecule has 0 unspecified atom stereocenters. The molecule has 0 saturated carbocycles. The molecule has 0 aliphatic carbocycles. The fourth-order valence-corrected chi connectivity index (χ4v) is 3.69. The molecule has 3 rings (SSSR count). The van der Waals surface area contributed by atoms with Crippen molar-refractivity contribution in [1.29, 1.82) is 0 Å². The number of methoxy groups -OCH3 is 1. The highest BCUT2D eigenvalue weighted by Gasteiger charge is 2.40. The Morgan fingerprint density at radius 1 is 1.00 bits per heavy atom. The highest BCUT2D eigenvalue weighted by Crippen LogP contribution is 2.39. The molecule has 0 fully saturated rings. The van der Waals surface area contributed by atoms with E-state index in [0.29, 0.717) is 10.8 Å². The van der Waals surface area contributed by atoms with Crippen LogP contribution in [0.5, 0.6) is 5.75 Å². The lowest BCUT2D eigenvalue weighted by molar-refractivity contribution is -0.162. The Balaban J connectivity index is 2.23. The molecule has 158 valence electrons. The first kappa shape index (κ1) is 21.7. The van der Waals surface area contributed by atoms with Gasteiger partial charge in [-0.2, -0.15) is 0 Å². The molecule has 1 N–H and O–H groups in total. The Kier molecular flexibility index (Phi) is 7.00. The molecule has 0 bridgehead atoms. The maximum Gasteiger partial charge on any atom is 0.321 e. The van der Waals surface area contributed by atoms with Crippen LogP contribution >= 0.6 is 11.6 Å². The number of halogens is 1. The van der Waals surface area contributed by atoms with Crippen LogP contribution in [0.3, 0.4) is 0 Å². The van der Waals surface area contributed by atoms with Crippen LogP contribution < -0.4 is 4.74 Å². The average molecular weight is 430 g/mol. The predicted octanol–water partition coefficient (Wildman–Crippen LogP) is 4.70. The van der Waals surface area contributed by atoms with Gasteiger partial charge >= 0.3 is 11.9 Å². The van der Waals surface area contributed by atoms with Crippen molar-refractivity contribution in [2.75, 3.05) is 20.3 Å². The van der Waals surface area contributed by atoms with Crippen molar-refractivity contribution in [3.8, 4) is 5.75 Å². The third-order valence-corrected chi connectivity index (χ3v) is 5.15. The monoisotopic (exact) mass is 429 g/mol. The summed E-state index contributed by atoms with van der Waals surface area (Å²) in [6.07, 6.45) is 1.80. The van der Waals surface area contributed by atoms with Gasteiger partial charge in [0.05, 0.1) is 20.3 Å². The number of fused-ring (bicyclic) bond motifs is 1. The molecule has 2 aromatic carbocycles. The number of aromatic amines is 1. The second-order valence-electron chi connectivity index (χ2n) is 6.67. The van der Waals surface area contributed by atoms with Crippen LogP contribution in [0.1, 0.15) is 30.9 Å². The number of aromatic nitrogens is 1. The summed E-state index contributed by atoms with van der Waals surface area (Å²) in [4.78, 5) is 29.0. The fraction of sp³-hybridized carbons (Fsp3) is 0.304. The zero-order valence-electron chi connectivity index (χ0n) is 17.1. The summed E-state index contributed by atoms with van der Waals surface area (Å²) >= 11 is 6.07. The first-order valence-electron chi connectivity index (χ1n) is 9.73. The molecule has 1 aromatic heterocycles.